The summed E-state index contributed by atoms with van der Waals surface area (Å²) in [5.74, 6) is 1.56. The standard InChI is InChI=1S/C21H39N3O3/c1-16(2)27-14-4-9-23-21(26)19-7-12-24(13-8-19)20(25)15-17(3)18-5-10-22-11-6-18/h16-19,22H,4-15H2,1-3H3,(H,23,26). The minimum Gasteiger partial charge on any atom is -0.379 e. The minimum absolute atomic E-state index is 0.0434. The Balaban J connectivity index is 1.62. The van der Waals surface area contributed by atoms with Crippen molar-refractivity contribution in [1.82, 2.24) is 15.5 Å². The first-order valence-electron chi connectivity index (χ1n) is 10.8. The van der Waals surface area contributed by atoms with Gasteiger partial charge in [-0.15, -0.1) is 0 Å². The van der Waals surface area contributed by atoms with Gasteiger partial charge in [-0.2, -0.15) is 0 Å². The van der Waals surface area contributed by atoms with E-state index in [2.05, 4.69) is 17.6 Å². The van der Waals surface area contributed by atoms with Gasteiger partial charge in [0.1, 0.15) is 0 Å². The number of carbonyl (C=O) groups excluding carboxylic acids is 2. The number of nitrogens with zero attached hydrogens (tertiary/aromatic N) is 1. The fourth-order valence-electron chi connectivity index (χ4n) is 4.12. The van der Waals surface area contributed by atoms with E-state index in [0.717, 1.165) is 32.4 Å². The first kappa shape index (κ1) is 22.2. The summed E-state index contributed by atoms with van der Waals surface area (Å²) in [6, 6.07) is 0. The zero-order valence-electron chi connectivity index (χ0n) is 17.5. The van der Waals surface area contributed by atoms with Gasteiger partial charge in [-0.1, -0.05) is 6.92 Å². The van der Waals surface area contributed by atoms with Crippen LogP contribution in [0.1, 0.15) is 59.3 Å². The van der Waals surface area contributed by atoms with Crippen molar-refractivity contribution in [3.8, 4) is 0 Å². The normalized spacial score (nSPS) is 20.7. The van der Waals surface area contributed by atoms with Crippen molar-refractivity contribution in [2.75, 3.05) is 39.3 Å². The molecular weight excluding hydrogens is 342 g/mol. The summed E-state index contributed by atoms with van der Waals surface area (Å²) in [4.78, 5) is 26.9. The van der Waals surface area contributed by atoms with Crippen LogP contribution in [-0.4, -0.2) is 62.1 Å². The number of amides is 2. The Morgan fingerprint density at radius 3 is 2.41 bits per heavy atom. The number of piperidine rings is 2. The van der Waals surface area contributed by atoms with Crippen LogP contribution in [0.25, 0.3) is 0 Å². The molecule has 27 heavy (non-hydrogen) atoms. The van der Waals surface area contributed by atoms with Crippen molar-refractivity contribution in [3.63, 3.8) is 0 Å². The second-order valence-electron chi connectivity index (χ2n) is 8.49. The molecule has 2 amide bonds. The van der Waals surface area contributed by atoms with Gasteiger partial charge in [-0.3, -0.25) is 9.59 Å². The maximum atomic E-state index is 12.6. The fraction of sp³-hybridized carbons (Fsp3) is 0.905. The van der Waals surface area contributed by atoms with E-state index >= 15 is 0 Å². The molecule has 0 aromatic rings. The van der Waals surface area contributed by atoms with Crippen LogP contribution in [0, 0.1) is 17.8 Å². The molecule has 0 radical (unpaired) electrons. The van der Waals surface area contributed by atoms with E-state index in [4.69, 9.17) is 4.74 Å². The smallest absolute Gasteiger partial charge is 0.223 e. The Hall–Kier alpha value is -1.14. The molecule has 2 heterocycles. The highest BCUT2D eigenvalue weighted by Crippen LogP contribution is 2.26. The molecule has 2 rings (SSSR count). The predicted molar refractivity (Wildman–Crippen MR) is 107 cm³/mol. The van der Waals surface area contributed by atoms with E-state index in [1.807, 2.05) is 18.7 Å². The molecule has 0 aromatic carbocycles. The second kappa shape index (κ2) is 11.6. The average Bonchev–Trinajstić information content (AvgIpc) is 2.68. The fourth-order valence-corrected chi connectivity index (χ4v) is 4.12. The molecule has 2 aliphatic heterocycles. The summed E-state index contributed by atoms with van der Waals surface area (Å²) in [6.45, 7) is 11.2. The van der Waals surface area contributed by atoms with Gasteiger partial charge in [0, 0.05) is 38.6 Å². The van der Waals surface area contributed by atoms with E-state index < -0.39 is 0 Å². The Morgan fingerprint density at radius 1 is 1.11 bits per heavy atom. The van der Waals surface area contributed by atoms with Gasteiger partial charge >= 0.3 is 0 Å². The summed E-state index contributed by atoms with van der Waals surface area (Å²) >= 11 is 0. The van der Waals surface area contributed by atoms with E-state index in [1.54, 1.807) is 0 Å². The lowest BCUT2D eigenvalue weighted by atomic mass is 9.83. The number of carbonyl (C=O) groups is 2. The minimum atomic E-state index is 0.0434. The number of ether oxygens (including phenoxy) is 1. The molecule has 0 aliphatic carbocycles. The van der Waals surface area contributed by atoms with E-state index in [-0.39, 0.29) is 23.8 Å². The van der Waals surface area contributed by atoms with Crippen LogP contribution in [0.2, 0.25) is 0 Å². The first-order valence-corrected chi connectivity index (χ1v) is 10.8. The molecule has 2 N–H and O–H groups in total. The average molecular weight is 382 g/mol. The van der Waals surface area contributed by atoms with Gasteiger partial charge in [0.2, 0.25) is 11.8 Å². The Morgan fingerprint density at radius 2 is 1.78 bits per heavy atom. The third kappa shape index (κ3) is 7.78. The van der Waals surface area contributed by atoms with E-state index in [9.17, 15) is 9.59 Å². The number of hydrogen-bond acceptors (Lipinski definition) is 4. The molecule has 0 aromatic heterocycles. The highest BCUT2D eigenvalue weighted by atomic mass is 16.5. The van der Waals surface area contributed by atoms with Gasteiger partial charge in [0.25, 0.3) is 0 Å². The summed E-state index contributed by atoms with van der Waals surface area (Å²) in [5.41, 5.74) is 0. The zero-order valence-corrected chi connectivity index (χ0v) is 17.5. The Bertz CT molecular complexity index is 456. The Kier molecular flexibility index (Phi) is 9.56. The molecular formula is C21H39N3O3. The molecule has 0 bridgehead atoms. The lowest BCUT2D eigenvalue weighted by Crippen LogP contribution is -2.44. The summed E-state index contributed by atoms with van der Waals surface area (Å²) in [5, 5.41) is 6.40. The molecule has 1 atom stereocenters. The quantitative estimate of drug-likeness (QED) is 0.601. The van der Waals surface area contributed by atoms with Gasteiger partial charge in [-0.25, -0.2) is 0 Å². The van der Waals surface area contributed by atoms with Crippen molar-refractivity contribution in [2.24, 2.45) is 17.8 Å². The van der Waals surface area contributed by atoms with Crippen LogP contribution in [0.15, 0.2) is 0 Å². The molecule has 2 fully saturated rings. The first-order chi connectivity index (χ1) is 13.0. The molecule has 0 spiro atoms. The van der Waals surface area contributed by atoms with Crippen LogP contribution in [-0.2, 0) is 14.3 Å². The third-order valence-electron chi connectivity index (χ3n) is 5.98. The number of hydrogen-bond donors (Lipinski definition) is 2. The van der Waals surface area contributed by atoms with Crippen molar-refractivity contribution < 1.29 is 14.3 Å². The second-order valence-corrected chi connectivity index (χ2v) is 8.49. The highest BCUT2D eigenvalue weighted by Gasteiger charge is 2.29. The molecule has 1 unspecified atom stereocenters. The molecule has 0 saturated carbocycles. The molecule has 2 saturated heterocycles. The van der Waals surface area contributed by atoms with Gasteiger partial charge < -0.3 is 20.3 Å². The zero-order chi connectivity index (χ0) is 19.6. The third-order valence-corrected chi connectivity index (χ3v) is 5.98. The van der Waals surface area contributed by atoms with Crippen molar-refractivity contribution >= 4 is 11.8 Å². The SMILES string of the molecule is CC(C)OCCCNC(=O)C1CCN(C(=O)CC(C)C2CCNCC2)CC1. The number of likely N-dealkylation sites (tertiary alicyclic amines) is 1. The van der Waals surface area contributed by atoms with Crippen LogP contribution in [0.5, 0.6) is 0 Å². The van der Waals surface area contributed by atoms with E-state index in [1.165, 1.54) is 12.8 Å². The number of rotatable bonds is 9. The van der Waals surface area contributed by atoms with Gasteiger partial charge in [0.15, 0.2) is 0 Å². The maximum absolute atomic E-state index is 12.6. The van der Waals surface area contributed by atoms with Crippen molar-refractivity contribution in [2.45, 2.75) is 65.4 Å². The molecule has 2 aliphatic rings. The lowest BCUT2D eigenvalue weighted by Gasteiger charge is -2.34. The van der Waals surface area contributed by atoms with Crippen molar-refractivity contribution in [1.29, 1.82) is 0 Å². The predicted octanol–water partition coefficient (Wildman–Crippen LogP) is 2.18. The Labute approximate surface area is 164 Å². The van der Waals surface area contributed by atoms with Gasteiger partial charge in [-0.05, 0) is 70.9 Å². The number of nitrogens with one attached hydrogen (secondary N) is 2. The largest absolute Gasteiger partial charge is 0.379 e. The van der Waals surface area contributed by atoms with Crippen LogP contribution in [0.3, 0.4) is 0 Å². The van der Waals surface area contributed by atoms with E-state index in [0.29, 0.717) is 44.5 Å². The summed E-state index contributed by atoms with van der Waals surface area (Å²) < 4.78 is 5.49. The summed E-state index contributed by atoms with van der Waals surface area (Å²) in [7, 11) is 0. The van der Waals surface area contributed by atoms with Crippen molar-refractivity contribution in [3.05, 3.63) is 0 Å². The van der Waals surface area contributed by atoms with Crippen LogP contribution in [0.4, 0.5) is 0 Å². The molecule has 6 heteroatoms. The topological polar surface area (TPSA) is 70.7 Å². The molecule has 6 nitrogen and oxygen atoms in total. The molecule has 156 valence electrons. The maximum Gasteiger partial charge on any atom is 0.223 e. The summed E-state index contributed by atoms with van der Waals surface area (Å²) in [6.07, 6.45) is 5.65. The monoisotopic (exact) mass is 381 g/mol. The lowest BCUT2D eigenvalue weighted by molar-refractivity contribution is -0.136. The van der Waals surface area contributed by atoms with Gasteiger partial charge in [0.05, 0.1) is 6.10 Å². The highest BCUT2D eigenvalue weighted by molar-refractivity contribution is 5.80. The van der Waals surface area contributed by atoms with Crippen LogP contribution >= 0.6 is 0 Å². The van der Waals surface area contributed by atoms with Crippen LogP contribution < -0.4 is 10.6 Å².